The number of rotatable bonds is 6. The second kappa shape index (κ2) is 8.49. The van der Waals surface area contributed by atoms with Crippen LogP contribution >= 0.6 is 15.9 Å². The smallest absolute Gasteiger partial charge is 0.134 e. The van der Waals surface area contributed by atoms with Gasteiger partial charge in [0, 0.05) is 10.9 Å². The third-order valence-corrected chi connectivity index (χ3v) is 5.06. The highest BCUT2D eigenvalue weighted by Gasteiger charge is 2.09. The molecule has 0 N–H and O–H groups in total. The summed E-state index contributed by atoms with van der Waals surface area (Å²) in [6.07, 6.45) is 4.22. The first kappa shape index (κ1) is 19.3. The van der Waals surface area contributed by atoms with Crippen LogP contribution < -0.4 is 14.2 Å². The van der Waals surface area contributed by atoms with Gasteiger partial charge in [0.1, 0.15) is 17.2 Å². The molecule has 0 aromatic heterocycles. The van der Waals surface area contributed by atoms with Gasteiger partial charge in [0.25, 0.3) is 0 Å². The normalized spacial score (nSPS) is 11.3. The van der Waals surface area contributed by atoms with E-state index in [2.05, 4.69) is 34.1 Å². The minimum atomic E-state index is 0.119. The lowest BCUT2D eigenvalue weighted by Gasteiger charge is -2.13. The maximum atomic E-state index is 5.85. The molecule has 0 amide bonds. The first-order valence-electron chi connectivity index (χ1n) is 8.81. The van der Waals surface area contributed by atoms with Gasteiger partial charge in [0.05, 0.1) is 24.8 Å². The minimum Gasteiger partial charge on any atom is -0.496 e. The molecule has 0 aliphatic rings. The molecule has 0 saturated carbocycles. The molecular weight excluding hydrogens is 404 g/mol. The molecule has 0 radical (unpaired) electrons. The quantitative estimate of drug-likeness (QED) is 0.416. The lowest BCUT2D eigenvalue weighted by molar-refractivity contribution is 0.241. The van der Waals surface area contributed by atoms with E-state index in [0.717, 1.165) is 43.6 Å². The Kier molecular flexibility index (Phi) is 6.07. The standard InChI is InChI=1S/C23H23BrO3/c1-15(2)27-21-10-5-7-16(23(21)24)11-12-18-13-19-17(14-22(18)26-4)8-6-9-20(19)25-3/h5-15H,1-4H3/b12-11-. The first-order chi connectivity index (χ1) is 13.0. The third kappa shape index (κ3) is 4.28. The van der Waals surface area contributed by atoms with Gasteiger partial charge in [-0.25, -0.2) is 0 Å². The highest BCUT2D eigenvalue weighted by molar-refractivity contribution is 9.10. The molecule has 0 atom stereocenters. The molecule has 140 valence electrons. The van der Waals surface area contributed by atoms with Gasteiger partial charge in [-0.15, -0.1) is 0 Å². The van der Waals surface area contributed by atoms with Crippen LogP contribution in [0.1, 0.15) is 25.0 Å². The zero-order chi connectivity index (χ0) is 19.4. The van der Waals surface area contributed by atoms with E-state index in [1.165, 1.54) is 0 Å². The molecule has 0 spiro atoms. The monoisotopic (exact) mass is 426 g/mol. The van der Waals surface area contributed by atoms with Gasteiger partial charge in [-0.3, -0.25) is 0 Å². The van der Waals surface area contributed by atoms with E-state index in [-0.39, 0.29) is 6.10 Å². The summed E-state index contributed by atoms with van der Waals surface area (Å²) in [5.41, 5.74) is 2.02. The van der Waals surface area contributed by atoms with Gasteiger partial charge in [-0.05, 0) is 65.0 Å². The number of ether oxygens (including phenoxy) is 3. The molecule has 0 heterocycles. The molecule has 0 bridgehead atoms. The summed E-state index contributed by atoms with van der Waals surface area (Å²) in [6.45, 7) is 4.03. The van der Waals surface area contributed by atoms with Crippen molar-refractivity contribution in [3.8, 4) is 17.2 Å². The Morgan fingerprint density at radius 1 is 0.815 bits per heavy atom. The minimum absolute atomic E-state index is 0.119. The van der Waals surface area contributed by atoms with Crippen molar-refractivity contribution in [2.24, 2.45) is 0 Å². The fourth-order valence-electron chi connectivity index (χ4n) is 2.96. The van der Waals surface area contributed by atoms with Gasteiger partial charge < -0.3 is 14.2 Å². The van der Waals surface area contributed by atoms with Crippen LogP contribution in [0.5, 0.6) is 17.2 Å². The highest BCUT2D eigenvalue weighted by atomic mass is 79.9. The SMILES string of the molecule is COc1cc2cccc(OC)c2cc1/C=C\c1cccc(OC(C)C)c1Br. The van der Waals surface area contributed by atoms with Crippen molar-refractivity contribution < 1.29 is 14.2 Å². The van der Waals surface area contributed by atoms with E-state index in [9.17, 15) is 0 Å². The summed E-state index contributed by atoms with van der Waals surface area (Å²) >= 11 is 3.65. The van der Waals surface area contributed by atoms with E-state index in [1.807, 2.05) is 56.3 Å². The van der Waals surface area contributed by atoms with Gasteiger partial charge in [-0.2, -0.15) is 0 Å². The van der Waals surface area contributed by atoms with Crippen LogP contribution in [0.3, 0.4) is 0 Å². The molecule has 3 aromatic rings. The molecule has 0 saturated heterocycles. The topological polar surface area (TPSA) is 27.7 Å². The van der Waals surface area contributed by atoms with Crippen molar-refractivity contribution in [3.63, 3.8) is 0 Å². The van der Waals surface area contributed by atoms with E-state index < -0.39 is 0 Å². The second-order valence-electron chi connectivity index (χ2n) is 6.43. The fourth-order valence-corrected chi connectivity index (χ4v) is 3.45. The van der Waals surface area contributed by atoms with E-state index in [0.29, 0.717) is 0 Å². The van der Waals surface area contributed by atoms with Crippen LogP contribution in [-0.4, -0.2) is 20.3 Å². The predicted molar refractivity (Wildman–Crippen MR) is 116 cm³/mol. The van der Waals surface area contributed by atoms with E-state index >= 15 is 0 Å². The Balaban J connectivity index is 2.03. The second-order valence-corrected chi connectivity index (χ2v) is 7.23. The molecule has 27 heavy (non-hydrogen) atoms. The fraction of sp³-hybridized carbons (Fsp3) is 0.217. The van der Waals surface area contributed by atoms with Gasteiger partial charge in [-0.1, -0.05) is 36.4 Å². The molecule has 0 aliphatic carbocycles. The van der Waals surface area contributed by atoms with Crippen molar-refractivity contribution in [1.29, 1.82) is 0 Å². The number of fused-ring (bicyclic) bond motifs is 1. The Morgan fingerprint density at radius 3 is 2.19 bits per heavy atom. The molecule has 3 nitrogen and oxygen atoms in total. The Labute approximate surface area is 168 Å². The average molecular weight is 427 g/mol. The summed E-state index contributed by atoms with van der Waals surface area (Å²) in [4.78, 5) is 0. The average Bonchev–Trinajstić information content (AvgIpc) is 2.67. The summed E-state index contributed by atoms with van der Waals surface area (Å²) in [5.74, 6) is 2.50. The van der Waals surface area contributed by atoms with Crippen molar-refractivity contribution in [2.45, 2.75) is 20.0 Å². The number of halogens is 1. The van der Waals surface area contributed by atoms with Crippen molar-refractivity contribution in [2.75, 3.05) is 14.2 Å². The van der Waals surface area contributed by atoms with Gasteiger partial charge in [0.15, 0.2) is 0 Å². The Bertz CT molecular complexity index is 977. The summed E-state index contributed by atoms with van der Waals surface area (Å²) in [7, 11) is 3.37. The number of hydrogen-bond acceptors (Lipinski definition) is 3. The zero-order valence-electron chi connectivity index (χ0n) is 16.0. The largest absolute Gasteiger partial charge is 0.496 e. The van der Waals surface area contributed by atoms with E-state index in [4.69, 9.17) is 14.2 Å². The predicted octanol–water partition coefficient (Wildman–Crippen LogP) is 6.58. The molecule has 4 heteroatoms. The van der Waals surface area contributed by atoms with Crippen molar-refractivity contribution >= 4 is 38.9 Å². The molecule has 3 rings (SSSR count). The molecule has 0 fully saturated rings. The summed E-state index contributed by atoms with van der Waals surface area (Å²) in [6, 6.07) is 16.1. The van der Waals surface area contributed by atoms with Crippen LogP contribution in [-0.2, 0) is 0 Å². The Morgan fingerprint density at radius 2 is 1.48 bits per heavy atom. The van der Waals surface area contributed by atoms with Crippen molar-refractivity contribution in [3.05, 3.63) is 64.1 Å². The molecule has 0 unspecified atom stereocenters. The van der Waals surface area contributed by atoms with Crippen LogP contribution in [0.4, 0.5) is 0 Å². The van der Waals surface area contributed by atoms with E-state index in [1.54, 1.807) is 14.2 Å². The van der Waals surface area contributed by atoms with Gasteiger partial charge in [0.2, 0.25) is 0 Å². The Hall–Kier alpha value is -2.46. The lowest BCUT2D eigenvalue weighted by Crippen LogP contribution is -2.06. The van der Waals surface area contributed by atoms with Gasteiger partial charge >= 0.3 is 0 Å². The zero-order valence-corrected chi connectivity index (χ0v) is 17.5. The highest BCUT2D eigenvalue weighted by Crippen LogP contribution is 2.34. The third-order valence-electron chi connectivity index (χ3n) is 4.21. The molecular formula is C23H23BrO3. The van der Waals surface area contributed by atoms with Crippen molar-refractivity contribution in [1.82, 2.24) is 0 Å². The number of methoxy groups -OCH3 is 2. The van der Waals surface area contributed by atoms with Crippen LogP contribution in [0.15, 0.2) is 53.0 Å². The molecule has 3 aromatic carbocycles. The maximum Gasteiger partial charge on any atom is 0.134 e. The van der Waals surface area contributed by atoms with Crippen LogP contribution in [0.25, 0.3) is 22.9 Å². The molecule has 0 aliphatic heterocycles. The number of benzene rings is 3. The van der Waals surface area contributed by atoms with Crippen LogP contribution in [0, 0.1) is 0 Å². The summed E-state index contributed by atoms with van der Waals surface area (Å²) in [5, 5.41) is 2.13. The summed E-state index contributed by atoms with van der Waals surface area (Å²) < 4.78 is 17.9. The van der Waals surface area contributed by atoms with Crippen LogP contribution in [0.2, 0.25) is 0 Å². The maximum absolute atomic E-state index is 5.85. The first-order valence-corrected chi connectivity index (χ1v) is 9.60. The number of hydrogen-bond donors (Lipinski definition) is 0. The lowest BCUT2D eigenvalue weighted by atomic mass is 10.0.